The summed E-state index contributed by atoms with van der Waals surface area (Å²) in [5.41, 5.74) is 0.934. The molecule has 0 heterocycles. The Hall–Kier alpha value is -1.46. The van der Waals surface area contributed by atoms with Gasteiger partial charge < -0.3 is 9.84 Å². The molecule has 0 spiro atoms. The van der Waals surface area contributed by atoms with Crippen LogP contribution in [0.25, 0.3) is 0 Å². The maximum Gasteiger partial charge on any atom is 0.119 e. The summed E-state index contributed by atoms with van der Waals surface area (Å²) in [5.74, 6) is 6.59. The minimum Gasteiger partial charge on any atom is -0.493 e. The zero-order chi connectivity index (χ0) is 11.8. The fraction of sp³-hybridized carbons (Fsp3) is 0.429. The van der Waals surface area contributed by atoms with E-state index >= 15 is 0 Å². The van der Waals surface area contributed by atoms with Crippen LogP contribution in [0.15, 0.2) is 24.3 Å². The van der Waals surface area contributed by atoms with Crippen molar-refractivity contribution in [2.24, 2.45) is 0 Å². The zero-order valence-electron chi connectivity index (χ0n) is 9.86. The van der Waals surface area contributed by atoms with Gasteiger partial charge in [-0.15, -0.1) is 11.8 Å². The Morgan fingerprint density at radius 2 is 2.00 bits per heavy atom. The molecule has 16 heavy (non-hydrogen) atoms. The van der Waals surface area contributed by atoms with Gasteiger partial charge in [-0.05, 0) is 31.0 Å². The molecule has 0 bridgehead atoms. The van der Waals surface area contributed by atoms with E-state index in [0.29, 0.717) is 6.61 Å². The third kappa shape index (κ3) is 3.96. The quantitative estimate of drug-likeness (QED) is 0.608. The highest BCUT2D eigenvalue weighted by molar-refractivity contribution is 5.28. The summed E-state index contributed by atoms with van der Waals surface area (Å²) in [6.45, 7) is 4.38. The van der Waals surface area contributed by atoms with Crippen LogP contribution in [0.3, 0.4) is 0 Å². The van der Waals surface area contributed by atoms with Crippen molar-refractivity contribution in [2.45, 2.75) is 32.8 Å². The highest BCUT2D eigenvalue weighted by Crippen LogP contribution is 2.19. The second-order valence-corrected chi connectivity index (χ2v) is 3.52. The van der Waals surface area contributed by atoms with Crippen LogP contribution in [0.4, 0.5) is 0 Å². The second kappa shape index (κ2) is 6.92. The lowest BCUT2D eigenvalue weighted by Crippen LogP contribution is -1.98. The Bertz CT molecular complexity index is 357. The van der Waals surface area contributed by atoms with Gasteiger partial charge in [0.05, 0.1) is 12.7 Å². The summed E-state index contributed by atoms with van der Waals surface area (Å²) in [6, 6.07) is 7.56. The SMILES string of the molecule is CC#CCCOc1ccc([C@H](O)CC)cc1. The highest BCUT2D eigenvalue weighted by Gasteiger charge is 2.03. The van der Waals surface area contributed by atoms with E-state index < -0.39 is 0 Å². The van der Waals surface area contributed by atoms with E-state index in [1.807, 2.05) is 38.1 Å². The number of ether oxygens (including phenoxy) is 1. The number of aliphatic hydroxyl groups is 1. The summed E-state index contributed by atoms with van der Waals surface area (Å²) < 4.78 is 5.49. The van der Waals surface area contributed by atoms with Crippen LogP contribution >= 0.6 is 0 Å². The van der Waals surface area contributed by atoms with Gasteiger partial charge in [-0.25, -0.2) is 0 Å². The number of aliphatic hydroxyl groups excluding tert-OH is 1. The first-order valence-electron chi connectivity index (χ1n) is 5.58. The molecule has 0 saturated carbocycles. The first-order valence-corrected chi connectivity index (χ1v) is 5.58. The summed E-state index contributed by atoms with van der Waals surface area (Å²) in [4.78, 5) is 0. The summed E-state index contributed by atoms with van der Waals surface area (Å²) in [5, 5.41) is 9.61. The molecule has 1 atom stereocenters. The lowest BCUT2D eigenvalue weighted by molar-refractivity contribution is 0.173. The lowest BCUT2D eigenvalue weighted by Gasteiger charge is -2.09. The molecule has 86 valence electrons. The largest absolute Gasteiger partial charge is 0.493 e. The number of hydrogen-bond acceptors (Lipinski definition) is 2. The molecule has 1 aromatic carbocycles. The molecule has 0 radical (unpaired) electrons. The molecule has 0 amide bonds. The molecular formula is C14H18O2. The summed E-state index contributed by atoms with van der Waals surface area (Å²) >= 11 is 0. The Morgan fingerprint density at radius 1 is 1.31 bits per heavy atom. The van der Waals surface area contributed by atoms with Gasteiger partial charge in [-0.2, -0.15) is 0 Å². The van der Waals surface area contributed by atoms with Gasteiger partial charge in [0, 0.05) is 6.42 Å². The first-order chi connectivity index (χ1) is 7.77. The number of benzene rings is 1. The van der Waals surface area contributed by atoms with E-state index in [9.17, 15) is 5.11 Å². The second-order valence-electron chi connectivity index (χ2n) is 3.52. The van der Waals surface area contributed by atoms with Crippen molar-refractivity contribution in [1.82, 2.24) is 0 Å². The van der Waals surface area contributed by atoms with Gasteiger partial charge in [-0.1, -0.05) is 19.1 Å². The Morgan fingerprint density at radius 3 is 2.56 bits per heavy atom. The van der Waals surface area contributed by atoms with Crippen LogP contribution in [0.1, 0.15) is 38.4 Å². The van der Waals surface area contributed by atoms with Gasteiger partial charge in [-0.3, -0.25) is 0 Å². The third-order valence-corrected chi connectivity index (χ3v) is 2.32. The zero-order valence-corrected chi connectivity index (χ0v) is 9.86. The monoisotopic (exact) mass is 218 g/mol. The van der Waals surface area contributed by atoms with Crippen LogP contribution in [0.5, 0.6) is 5.75 Å². The Labute approximate surface area is 97.3 Å². The van der Waals surface area contributed by atoms with Crippen LogP contribution in [-0.2, 0) is 0 Å². The molecule has 0 saturated heterocycles. The molecule has 0 unspecified atom stereocenters. The van der Waals surface area contributed by atoms with Crippen molar-refractivity contribution in [3.63, 3.8) is 0 Å². The smallest absolute Gasteiger partial charge is 0.119 e. The van der Waals surface area contributed by atoms with Crippen molar-refractivity contribution < 1.29 is 9.84 Å². The predicted octanol–water partition coefficient (Wildman–Crippen LogP) is 2.92. The molecule has 2 nitrogen and oxygen atoms in total. The maximum absolute atomic E-state index is 9.61. The van der Waals surface area contributed by atoms with Crippen LogP contribution < -0.4 is 4.74 Å². The highest BCUT2D eigenvalue weighted by atomic mass is 16.5. The van der Waals surface area contributed by atoms with Crippen LogP contribution in [0.2, 0.25) is 0 Å². The molecule has 1 rings (SSSR count). The number of rotatable bonds is 5. The van der Waals surface area contributed by atoms with Crippen LogP contribution in [0, 0.1) is 11.8 Å². The van der Waals surface area contributed by atoms with Crippen molar-refractivity contribution in [3.8, 4) is 17.6 Å². The minimum absolute atomic E-state index is 0.375. The van der Waals surface area contributed by atoms with E-state index in [1.165, 1.54) is 0 Å². The van der Waals surface area contributed by atoms with Gasteiger partial charge in [0.1, 0.15) is 5.75 Å². The third-order valence-electron chi connectivity index (χ3n) is 2.32. The molecule has 1 aromatic rings. The van der Waals surface area contributed by atoms with E-state index in [0.717, 1.165) is 24.2 Å². The molecular weight excluding hydrogens is 200 g/mol. The molecule has 0 aliphatic rings. The minimum atomic E-state index is -0.375. The molecule has 2 heteroatoms. The average Bonchev–Trinajstić information content (AvgIpc) is 2.34. The topological polar surface area (TPSA) is 29.5 Å². The standard InChI is InChI=1S/C14H18O2/c1-3-5-6-11-16-13-9-7-12(8-10-13)14(15)4-2/h7-10,14-15H,4,6,11H2,1-2H3/t14-/m1/s1. The van der Waals surface area contributed by atoms with Crippen molar-refractivity contribution >= 4 is 0 Å². The summed E-state index contributed by atoms with van der Waals surface area (Å²) in [6.07, 6.45) is 1.10. The van der Waals surface area contributed by atoms with Gasteiger partial charge in [0.2, 0.25) is 0 Å². The van der Waals surface area contributed by atoms with Crippen molar-refractivity contribution in [2.75, 3.05) is 6.61 Å². The summed E-state index contributed by atoms with van der Waals surface area (Å²) in [7, 11) is 0. The van der Waals surface area contributed by atoms with E-state index in [4.69, 9.17) is 4.74 Å². The molecule has 0 fully saturated rings. The first kappa shape index (κ1) is 12.6. The van der Waals surface area contributed by atoms with E-state index in [-0.39, 0.29) is 6.10 Å². The predicted molar refractivity (Wildman–Crippen MR) is 65.3 cm³/mol. The average molecular weight is 218 g/mol. The molecule has 0 aromatic heterocycles. The van der Waals surface area contributed by atoms with E-state index in [2.05, 4.69) is 11.8 Å². The van der Waals surface area contributed by atoms with Crippen LogP contribution in [-0.4, -0.2) is 11.7 Å². The maximum atomic E-state index is 9.61. The van der Waals surface area contributed by atoms with Crippen molar-refractivity contribution in [1.29, 1.82) is 0 Å². The molecule has 0 aliphatic carbocycles. The Balaban J connectivity index is 2.47. The molecule has 0 aliphatic heterocycles. The Kier molecular flexibility index (Phi) is 5.45. The normalized spacial score (nSPS) is 11.4. The van der Waals surface area contributed by atoms with Gasteiger partial charge >= 0.3 is 0 Å². The van der Waals surface area contributed by atoms with Gasteiger partial charge in [0.25, 0.3) is 0 Å². The fourth-order valence-corrected chi connectivity index (χ4v) is 1.37. The molecule has 1 N–H and O–H groups in total. The van der Waals surface area contributed by atoms with Gasteiger partial charge in [0.15, 0.2) is 0 Å². The van der Waals surface area contributed by atoms with E-state index in [1.54, 1.807) is 0 Å². The van der Waals surface area contributed by atoms with Crippen molar-refractivity contribution in [3.05, 3.63) is 29.8 Å². The fourth-order valence-electron chi connectivity index (χ4n) is 1.37. The lowest BCUT2D eigenvalue weighted by atomic mass is 10.1. The number of hydrogen-bond donors (Lipinski definition) is 1.